The fraction of sp³-hybridized carbons (Fsp3) is 0.167. The van der Waals surface area contributed by atoms with Crippen LogP contribution in [0.1, 0.15) is 0 Å². The highest BCUT2D eigenvalue weighted by Crippen LogP contribution is 2.37. The van der Waals surface area contributed by atoms with Crippen LogP contribution in [0.25, 0.3) is 21.1 Å². The molecule has 0 unspecified atom stereocenters. The van der Waals surface area contributed by atoms with E-state index in [1.54, 1.807) is 33.5 Å². The third-order valence-electron chi connectivity index (χ3n) is 4.00. The quantitative estimate of drug-likeness (QED) is 0.486. The standard InChI is InChI=1S/C18H15ClN4O3S/c1-24-11-5-4-6-14-15(11)21-18(27-14)23-16-9-7-12(25-2)13(26-3)8-10(9)20-17(19)22-16/h4-8H,1-3H3,(H,20,21,22,23). The van der Waals surface area contributed by atoms with E-state index < -0.39 is 0 Å². The minimum atomic E-state index is 0.121. The molecule has 0 saturated carbocycles. The molecule has 0 spiro atoms. The first kappa shape index (κ1) is 17.6. The van der Waals surface area contributed by atoms with Gasteiger partial charge in [-0.25, -0.2) is 9.97 Å². The Kier molecular flexibility index (Phi) is 4.59. The zero-order valence-corrected chi connectivity index (χ0v) is 16.3. The van der Waals surface area contributed by atoms with Crippen molar-refractivity contribution < 1.29 is 14.2 Å². The first-order valence-corrected chi connectivity index (χ1v) is 9.12. The summed E-state index contributed by atoms with van der Waals surface area (Å²) in [5.41, 5.74) is 1.42. The Morgan fingerprint density at radius 3 is 2.41 bits per heavy atom. The van der Waals surface area contributed by atoms with Crippen LogP contribution >= 0.6 is 22.9 Å². The number of fused-ring (bicyclic) bond motifs is 2. The number of benzene rings is 2. The van der Waals surface area contributed by atoms with Gasteiger partial charge >= 0.3 is 0 Å². The minimum absolute atomic E-state index is 0.121. The van der Waals surface area contributed by atoms with Gasteiger partial charge in [0.05, 0.1) is 31.5 Å². The highest BCUT2D eigenvalue weighted by atomic mass is 35.5. The number of nitrogens with one attached hydrogen (secondary N) is 1. The Hall–Kier alpha value is -2.84. The van der Waals surface area contributed by atoms with Gasteiger partial charge in [-0.05, 0) is 29.8 Å². The van der Waals surface area contributed by atoms with E-state index in [-0.39, 0.29) is 5.28 Å². The second-order valence-electron chi connectivity index (χ2n) is 5.52. The maximum atomic E-state index is 6.11. The van der Waals surface area contributed by atoms with Crippen molar-refractivity contribution >= 4 is 55.0 Å². The third-order valence-corrected chi connectivity index (χ3v) is 5.11. The van der Waals surface area contributed by atoms with Gasteiger partial charge in [-0.15, -0.1) is 0 Å². The van der Waals surface area contributed by atoms with Gasteiger partial charge in [0.1, 0.15) is 17.1 Å². The molecule has 9 heteroatoms. The van der Waals surface area contributed by atoms with Crippen molar-refractivity contribution in [3.05, 3.63) is 35.6 Å². The van der Waals surface area contributed by atoms with E-state index in [2.05, 4.69) is 20.3 Å². The predicted molar refractivity (Wildman–Crippen MR) is 107 cm³/mol. The summed E-state index contributed by atoms with van der Waals surface area (Å²) >= 11 is 7.61. The molecule has 0 radical (unpaired) electrons. The normalized spacial score (nSPS) is 11.0. The van der Waals surface area contributed by atoms with Gasteiger partial charge in [0.2, 0.25) is 5.28 Å². The van der Waals surface area contributed by atoms with Crippen LogP contribution in [0.4, 0.5) is 10.9 Å². The number of hydrogen-bond donors (Lipinski definition) is 1. The van der Waals surface area contributed by atoms with Gasteiger partial charge in [0.25, 0.3) is 0 Å². The van der Waals surface area contributed by atoms with Crippen molar-refractivity contribution in [1.82, 2.24) is 15.0 Å². The molecule has 4 rings (SSSR count). The van der Waals surface area contributed by atoms with E-state index in [0.717, 1.165) is 15.6 Å². The van der Waals surface area contributed by atoms with Crippen LogP contribution in [0.3, 0.4) is 0 Å². The lowest BCUT2D eigenvalue weighted by Gasteiger charge is -2.11. The zero-order chi connectivity index (χ0) is 19.0. The number of anilines is 2. The molecule has 0 saturated heterocycles. The SMILES string of the molecule is COc1cc2nc(Cl)nc(Nc3nc4c(OC)cccc4s3)c2cc1OC. The third kappa shape index (κ3) is 3.17. The molecule has 0 atom stereocenters. The summed E-state index contributed by atoms with van der Waals surface area (Å²) in [6, 6.07) is 9.35. The monoisotopic (exact) mass is 402 g/mol. The fourth-order valence-electron chi connectivity index (χ4n) is 2.77. The zero-order valence-electron chi connectivity index (χ0n) is 14.7. The van der Waals surface area contributed by atoms with Gasteiger partial charge in [0, 0.05) is 11.5 Å². The Labute approximate surface area is 163 Å². The maximum Gasteiger partial charge on any atom is 0.224 e. The van der Waals surface area contributed by atoms with E-state index in [9.17, 15) is 0 Å². The molecule has 0 amide bonds. The average molecular weight is 403 g/mol. The first-order chi connectivity index (χ1) is 13.1. The summed E-state index contributed by atoms with van der Waals surface area (Å²) in [7, 11) is 4.77. The maximum absolute atomic E-state index is 6.11. The molecule has 7 nitrogen and oxygen atoms in total. The predicted octanol–water partition coefficient (Wildman–Crippen LogP) is 4.66. The van der Waals surface area contributed by atoms with Crippen LogP contribution in [0.2, 0.25) is 5.28 Å². The minimum Gasteiger partial charge on any atom is -0.494 e. The highest BCUT2D eigenvalue weighted by molar-refractivity contribution is 7.22. The number of nitrogens with zero attached hydrogens (tertiary/aromatic N) is 3. The lowest BCUT2D eigenvalue weighted by molar-refractivity contribution is 0.356. The average Bonchev–Trinajstić information content (AvgIpc) is 3.09. The lowest BCUT2D eigenvalue weighted by atomic mass is 10.2. The number of para-hydroxylation sites is 1. The van der Waals surface area contributed by atoms with Gasteiger partial charge < -0.3 is 19.5 Å². The molecule has 27 heavy (non-hydrogen) atoms. The molecule has 2 aromatic carbocycles. The van der Waals surface area contributed by atoms with Crippen LogP contribution in [0.15, 0.2) is 30.3 Å². The molecule has 2 aromatic heterocycles. The van der Waals surface area contributed by atoms with Crippen molar-refractivity contribution in [3.63, 3.8) is 0 Å². The van der Waals surface area contributed by atoms with Crippen LogP contribution < -0.4 is 19.5 Å². The van der Waals surface area contributed by atoms with Gasteiger partial charge in [-0.3, -0.25) is 0 Å². The summed E-state index contributed by atoms with van der Waals surface area (Å²) in [4.78, 5) is 13.2. The molecular weight excluding hydrogens is 388 g/mol. The Morgan fingerprint density at radius 1 is 0.926 bits per heavy atom. The van der Waals surface area contributed by atoms with Crippen molar-refractivity contribution in [3.8, 4) is 17.2 Å². The molecule has 0 aliphatic rings. The lowest BCUT2D eigenvalue weighted by Crippen LogP contribution is -1.99. The smallest absolute Gasteiger partial charge is 0.224 e. The van der Waals surface area contributed by atoms with Gasteiger partial charge in [-0.1, -0.05) is 17.4 Å². The summed E-state index contributed by atoms with van der Waals surface area (Å²) in [5, 5.41) is 4.76. The number of rotatable bonds is 5. The number of thiazole rings is 1. The largest absolute Gasteiger partial charge is 0.494 e. The van der Waals surface area contributed by atoms with Crippen LogP contribution in [0.5, 0.6) is 17.2 Å². The van der Waals surface area contributed by atoms with Crippen molar-refractivity contribution in [2.45, 2.75) is 0 Å². The molecule has 4 aromatic rings. The molecular formula is C18H15ClN4O3S. The van der Waals surface area contributed by atoms with Crippen LogP contribution in [0, 0.1) is 0 Å². The number of halogens is 1. The Balaban J connectivity index is 1.84. The fourth-order valence-corrected chi connectivity index (χ4v) is 3.82. The van der Waals surface area contributed by atoms with Crippen molar-refractivity contribution in [1.29, 1.82) is 0 Å². The van der Waals surface area contributed by atoms with Gasteiger partial charge in [0.15, 0.2) is 16.6 Å². The Morgan fingerprint density at radius 2 is 1.67 bits per heavy atom. The molecule has 0 aliphatic carbocycles. The number of aromatic nitrogens is 3. The number of methoxy groups -OCH3 is 3. The topological polar surface area (TPSA) is 78.4 Å². The van der Waals surface area contributed by atoms with E-state index >= 15 is 0 Å². The summed E-state index contributed by atoms with van der Waals surface area (Å²) < 4.78 is 17.1. The van der Waals surface area contributed by atoms with Crippen LogP contribution in [-0.2, 0) is 0 Å². The van der Waals surface area contributed by atoms with Crippen molar-refractivity contribution in [2.24, 2.45) is 0 Å². The van der Waals surface area contributed by atoms with E-state index in [4.69, 9.17) is 25.8 Å². The number of hydrogen-bond acceptors (Lipinski definition) is 8. The van der Waals surface area contributed by atoms with E-state index in [1.807, 2.05) is 18.2 Å². The summed E-state index contributed by atoms with van der Waals surface area (Å²) in [5.74, 6) is 2.39. The van der Waals surface area contributed by atoms with Crippen molar-refractivity contribution in [2.75, 3.05) is 26.6 Å². The van der Waals surface area contributed by atoms with Crippen LogP contribution in [-0.4, -0.2) is 36.3 Å². The first-order valence-electron chi connectivity index (χ1n) is 7.92. The second kappa shape index (κ2) is 7.05. The molecule has 2 heterocycles. The van der Waals surface area contributed by atoms with E-state index in [1.165, 1.54) is 11.3 Å². The molecule has 0 aliphatic heterocycles. The highest BCUT2D eigenvalue weighted by Gasteiger charge is 2.15. The summed E-state index contributed by atoms with van der Waals surface area (Å²) in [6.45, 7) is 0. The molecule has 0 fully saturated rings. The molecule has 1 N–H and O–H groups in total. The number of ether oxygens (including phenoxy) is 3. The van der Waals surface area contributed by atoms with Gasteiger partial charge in [-0.2, -0.15) is 4.98 Å². The molecule has 0 bridgehead atoms. The molecule has 138 valence electrons. The second-order valence-corrected chi connectivity index (χ2v) is 6.89. The Bertz CT molecular complexity index is 1150. The summed E-state index contributed by atoms with van der Waals surface area (Å²) in [6.07, 6.45) is 0. The van der Waals surface area contributed by atoms with E-state index in [0.29, 0.717) is 33.7 Å².